The van der Waals surface area contributed by atoms with Crippen LogP contribution in [-0.4, -0.2) is 39.1 Å². The third-order valence-electron chi connectivity index (χ3n) is 2.87. The van der Waals surface area contributed by atoms with Gasteiger partial charge < -0.3 is 10.6 Å². The van der Waals surface area contributed by atoms with E-state index in [1.807, 2.05) is 0 Å². The maximum absolute atomic E-state index is 11.9. The summed E-state index contributed by atoms with van der Waals surface area (Å²) in [6.07, 6.45) is 1.29. The molecule has 0 unspecified atom stereocenters. The monoisotopic (exact) mass is 341 g/mol. The van der Waals surface area contributed by atoms with Crippen LogP contribution in [0, 0.1) is 0 Å². The Hall–Kier alpha value is -2.91. The van der Waals surface area contributed by atoms with Gasteiger partial charge in [-0.2, -0.15) is 13.2 Å². The van der Waals surface area contributed by atoms with E-state index in [-0.39, 0.29) is 6.54 Å². The zero-order chi connectivity index (χ0) is 17.6. The molecular weight excluding hydrogens is 327 g/mol. The fraction of sp³-hybridized carbons (Fsp3) is 0.286. The number of halogens is 3. The van der Waals surface area contributed by atoms with Crippen LogP contribution in [0.25, 0.3) is 5.82 Å². The van der Waals surface area contributed by atoms with Crippen molar-refractivity contribution in [1.82, 2.24) is 25.2 Å². The van der Waals surface area contributed by atoms with Crippen molar-refractivity contribution >= 4 is 11.8 Å². The lowest BCUT2D eigenvalue weighted by atomic mass is 10.2. The molecule has 0 aliphatic heterocycles. The molecule has 0 saturated heterocycles. The standard InChI is InChI=1S/C14H14F3N5O2/c15-14(16,17)8-21-13(24)5-12(23)20-7-10-1-2-11(19-6-10)22-4-3-18-9-22/h1-4,6,9H,5,7-8H2,(H,20,23)(H,21,24). The molecule has 0 atom stereocenters. The summed E-state index contributed by atoms with van der Waals surface area (Å²) in [5.41, 5.74) is 0.683. The van der Waals surface area contributed by atoms with Gasteiger partial charge in [0.1, 0.15) is 25.1 Å². The van der Waals surface area contributed by atoms with Crippen molar-refractivity contribution < 1.29 is 22.8 Å². The number of aromatic nitrogens is 3. The Morgan fingerprint density at radius 3 is 2.50 bits per heavy atom. The third-order valence-corrected chi connectivity index (χ3v) is 2.87. The molecule has 128 valence electrons. The van der Waals surface area contributed by atoms with Crippen molar-refractivity contribution in [3.63, 3.8) is 0 Å². The second-order valence-corrected chi connectivity index (χ2v) is 4.84. The molecule has 0 aromatic carbocycles. The minimum Gasteiger partial charge on any atom is -0.352 e. The third kappa shape index (κ3) is 5.71. The van der Waals surface area contributed by atoms with Gasteiger partial charge in [0, 0.05) is 25.1 Å². The van der Waals surface area contributed by atoms with Crippen LogP contribution in [0.4, 0.5) is 13.2 Å². The average molecular weight is 341 g/mol. The molecule has 0 bridgehead atoms. The first-order valence-corrected chi connectivity index (χ1v) is 6.87. The van der Waals surface area contributed by atoms with Gasteiger partial charge in [0.05, 0.1) is 0 Å². The molecule has 0 spiro atoms. The molecular formula is C14H14F3N5O2. The molecule has 0 fully saturated rings. The molecule has 0 aliphatic carbocycles. The molecule has 0 aliphatic rings. The Bertz CT molecular complexity index is 683. The van der Waals surface area contributed by atoms with Gasteiger partial charge in [-0.1, -0.05) is 6.07 Å². The highest BCUT2D eigenvalue weighted by Crippen LogP contribution is 2.12. The summed E-state index contributed by atoms with van der Waals surface area (Å²) in [6.45, 7) is -1.35. The van der Waals surface area contributed by atoms with Gasteiger partial charge in [-0.25, -0.2) is 9.97 Å². The molecule has 2 amide bonds. The van der Waals surface area contributed by atoms with E-state index in [9.17, 15) is 22.8 Å². The highest BCUT2D eigenvalue weighted by atomic mass is 19.4. The van der Waals surface area contributed by atoms with Crippen LogP contribution in [0.15, 0.2) is 37.1 Å². The van der Waals surface area contributed by atoms with Crippen molar-refractivity contribution in [3.8, 4) is 5.82 Å². The number of amides is 2. The summed E-state index contributed by atoms with van der Waals surface area (Å²) in [6, 6.07) is 3.45. The van der Waals surface area contributed by atoms with Gasteiger partial charge in [0.15, 0.2) is 0 Å². The van der Waals surface area contributed by atoms with Gasteiger partial charge >= 0.3 is 6.18 Å². The minimum atomic E-state index is -4.51. The normalized spacial score (nSPS) is 11.1. The van der Waals surface area contributed by atoms with E-state index in [4.69, 9.17) is 0 Å². The van der Waals surface area contributed by atoms with Gasteiger partial charge in [0.2, 0.25) is 11.8 Å². The Labute approximate surface area is 134 Å². The first kappa shape index (κ1) is 17.4. The predicted octanol–water partition coefficient (Wildman–Crippen LogP) is 0.952. The summed E-state index contributed by atoms with van der Waals surface area (Å²) in [7, 11) is 0. The van der Waals surface area contributed by atoms with E-state index in [2.05, 4.69) is 15.3 Å². The number of imidazole rings is 1. The Morgan fingerprint density at radius 2 is 1.92 bits per heavy atom. The maximum atomic E-state index is 11.9. The van der Waals surface area contributed by atoms with E-state index >= 15 is 0 Å². The predicted molar refractivity (Wildman–Crippen MR) is 76.9 cm³/mol. The Morgan fingerprint density at radius 1 is 1.17 bits per heavy atom. The molecule has 10 heteroatoms. The Kier molecular flexibility index (Phi) is 5.51. The fourth-order valence-corrected chi connectivity index (χ4v) is 1.74. The highest BCUT2D eigenvalue weighted by Gasteiger charge is 2.27. The maximum Gasteiger partial charge on any atom is 0.405 e. The van der Waals surface area contributed by atoms with Crippen molar-refractivity contribution in [2.75, 3.05) is 6.54 Å². The molecule has 2 aromatic heterocycles. The van der Waals surface area contributed by atoms with E-state index in [1.54, 1.807) is 46.9 Å². The molecule has 2 aromatic rings. The molecule has 7 nitrogen and oxygen atoms in total. The van der Waals surface area contributed by atoms with Crippen molar-refractivity contribution in [2.45, 2.75) is 19.1 Å². The van der Waals surface area contributed by atoms with Crippen molar-refractivity contribution in [2.24, 2.45) is 0 Å². The number of nitrogens with zero attached hydrogens (tertiary/aromatic N) is 3. The minimum absolute atomic E-state index is 0.114. The number of nitrogens with one attached hydrogen (secondary N) is 2. The van der Waals surface area contributed by atoms with Gasteiger partial charge in [0.25, 0.3) is 0 Å². The molecule has 2 rings (SSSR count). The number of pyridine rings is 1. The summed E-state index contributed by atoms with van der Waals surface area (Å²) in [5, 5.41) is 4.07. The van der Waals surface area contributed by atoms with Crippen LogP contribution in [0.1, 0.15) is 12.0 Å². The summed E-state index contributed by atoms with van der Waals surface area (Å²) < 4.78 is 37.5. The van der Waals surface area contributed by atoms with Crippen LogP contribution in [0.2, 0.25) is 0 Å². The summed E-state index contributed by atoms with van der Waals surface area (Å²) in [5.74, 6) is -1.01. The van der Waals surface area contributed by atoms with Crippen LogP contribution in [0.5, 0.6) is 0 Å². The highest BCUT2D eigenvalue weighted by molar-refractivity contribution is 5.96. The van der Waals surface area contributed by atoms with Crippen LogP contribution in [0.3, 0.4) is 0 Å². The zero-order valence-electron chi connectivity index (χ0n) is 12.4. The SMILES string of the molecule is O=C(CC(=O)NCC(F)(F)F)NCc1ccc(-n2ccnc2)nc1. The molecule has 2 N–H and O–H groups in total. The van der Waals surface area contributed by atoms with Crippen LogP contribution < -0.4 is 10.6 Å². The largest absolute Gasteiger partial charge is 0.405 e. The van der Waals surface area contributed by atoms with Gasteiger partial charge in [-0.3, -0.25) is 14.2 Å². The molecule has 24 heavy (non-hydrogen) atoms. The first-order valence-electron chi connectivity index (χ1n) is 6.87. The number of hydrogen-bond acceptors (Lipinski definition) is 4. The lowest BCUT2D eigenvalue weighted by Crippen LogP contribution is -2.37. The smallest absolute Gasteiger partial charge is 0.352 e. The van der Waals surface area contributed by atoms with E-state index in [0.29, 0.717) is 11.4 Å². The quantitative estimate of drug-likeness (QED) is 0.766. The number of rotatable bonds is 6. The summed E-state index contributed by atoms with van der Waals surface area (Å²) >= 11 is 0. The molecule has 2 heterocycles. The van der Waals surface area contributed by atoms with E-state index < -0.39 is 31.0 Å². The van der Waals surface area contributed by atoms with Gasteiger partial charge in [-0.05, 0) is 11.6 Å². The fourth-order valence-electron chi connectivity index (χ4n) is 1.74. The van der Waals surface area contributed by atoms with E-state index in [1.165, 1.54) is 0 Å². The van der Waals surface area contributed by atoms with Crippen molar-refractivity contribution in [1.29, 1.82) is 0 Å². The number of carbonyl (C=O) groups excluding carboxylic acids is 2. The van der Waals surface area contributed by atoms with Crippen molar-refractivity contribution in [3.05, 3.63) is 42.6 Å². The lowest BCUT2D eigenvalue weighted by Gasteiger charge is -2.09. The summed E-state index contributed by atoms with van der Waals surface area (Å²) in [4.78, 5) is 30.8. The number of hydrogen-bond donors (Lipinski definition) is 2. The van der Waals surface area contributed by atoms with E-state index in [0.717, 1.165) is 0 Å². The zero-order valence-corrected chi connectivity index (χ0v) is 12.4. The second-order valence-electron chi connectivity index (χ2n) is 4.84. The topological polar surface area (TPSA) is 88.9 Å². The van der Waals surface area contributed by atoms with Crippen LogP contribution in [-0.2, 0) is 16.1 Å². The molecule has 0 radical (unpaired) electrons. The Balaban J connectivity index is 1.76. The first-order chi connectivity index (χ1) is 11.3. The number of carbonyl (C=O) groups is 2. The number of alkyl halides is 3. The average Bonchev–Trinajstić information content (AvgIpc) is 3.05. The van der Waals surface area contributed by atoms with Gasteiger partial charge in [-0.15, -0.1) is 0 Å². The second kappa shape index (κ2) is 7.57. The lowest BCUT2D eigenvalue weighted by molar-refractivity contribution is -0.140. The molecule has 0 saturated carbocycles. The van der Waals surface area contributed by atoms with Crippen LogP contribution >= 0.6 is 0 Å².